The molecule has 0 N–H and O–H groups in total. The van der Waals surface area contributed by atoms with Crippen molar-refractivity contribution in [3.05, 3.63) is 119 Å². The molecule has 232 valence electrons. The number of esters is 2. The largest absolute Gasteiger partial charge is 0.465 e. The lowest BCUT2D eigenvalue weighted by Gasteiger charge is -2.08. The molecule has 0 saturated carbocycles. The third-order valence-electron chi connectivity index (χ3n) is 7.26. The third kappa shape index (κ3) is 7.07. The van der Waals surface area contributed by atoms with E-state index in [1.165, 1.54) is 14.2 Å². The van der Waals surface area contributed by atoms with Crippen LogP contribution in [0.15, 0.2) is 93.8 Å². The van der Waals surface area contributed by atoms with Crippen LogP contribution in [0.25, 0.3) is 45.2 Å². The number of nitrogens with zero attached hydrogens (tertiary/aromatic N) is 4. The van der Waals surface area contributed by atoms with Gasteiger partial charge in [-0.2, -0.15) is 0 Å². The maximum absolute atomic E-state index is 11.5. The van der Waals surface area contributed by atoms with Crippen LogP contribution in [0.3, 0.4) is 0 Å². The number of carbonyl (C=O) groups is 2. The summed E-state index contributed by atoms with van der Waals surface area (Å²) in [6.07, 6.45) is 0. The predicted octanol–water partition coefficient (Wildman–Crippen LogP) is 7.61. The molecule has 0 spiro atoms. The van der Waals surface area contributed by atoms with E-state index in [2.05, 4.69) is 20.4 Å². The first-order valence-electron chi connectivity index (χ1n) is 14.4. The van der Waals surface area contributed by atoms with Gasteiger partial charge in [0.05, 0.1) is 25.3 Å². The first kappa shape index (κ1) is 31.5. The zero-order chi connectivity index (χ0) is 32.8. The van der Waals surface area contributed by atoms with Gasteiger partial charge in [-0.15, -0.1) is 20.4 Å². The molecule has 6 aromatic rings. The Labute approximate surface area is 266 Å². The number of ether oxygens (including phenoxy) is 2. The predicted molar refractivity (Wildman–Crippen MR) is 172 cm³/mol. The Balaban J connectivity index is 0.000000181. The Morgan fingerprint density at radius 3 is 1.15 bits per heavy atom. The van der Waals surface area contributed by atoms with E-state index in [1.807, 2.05) is 74.5 Å². The normalized spacial score (nSPS) is 10.6. The lowest BCUT2D eigenvalue weighted by Crippen LogP contribution is -2.00. The number of methoxy groups -OCH3 is 2. The summed E-state index contributed by atoms with van der Waals surface area (Å²) in [4.78, 5) is 23.0. The molecule has 0 aliphatic rings. The first-order chi connectivity index (χ1) is 22.2. The molecule has 4 aromatic carbocycles. The molecule has 0 unspecified atom stereocenters. The van der Waals surface area contributed by atoms with Gasteiger partial charge in [0.25, 0.3) is 0 Å². The van der Waals surface area contributed by atoms with Crippen LogP contribution in [0, 0.1) is 27.7 Å². The lowest BCUT2D eigenvalue weighted by molar-refractivity contribution is 0.0592. The summed E-state index contributed by atoms with van der Waals surface area (Å²) in [7, 11) is 2.74. The summed E-state index contributed by atoms with van der Waals surface area (Å²) in [5.41, 5.74) is 9.14. The molecule has 6 rings (SSSR count). The minimum atomic E-state index is -0.344. The van der Waals surface area contributed by atoms with E-state index in [9.17, 15) is 9.59 Å². The molecule has 46 heavy (non-hydrogen) atoms. The molecule has 0 aliphatic heterocycles. The van der Waals surface area contributed by atoms with E-state index < -0.39 is 0 Å². The molecule has 0 bridgehead atoms. The van der Waals surface area contributed by atoms with Crippen LogP contribution in [-0.4, -0.2) is 46.6 Å². The Hall–Kier alpha value is -5.90. The quantitative estimate of drug-likeness (QED) is 0.172. The van der Waals surface area contributed by atoms with Crippen LogP contribution < -0.4 is 0 Å². The molecule has 2 heterocycles. The number of carbonyl (C=O) groups excluding carboxylic acids is 2. The second kappa shape index (κ2) is 13.8. The van der Waals surface area contributed by atoms with E-state index in [-0.39, 0.29) is 11.9 Å². The molecule has 0 fully saturated rings. The van der Waals surface area contributed by atoms with Crippen molar-refractivity contribution in [1.29, 1.82) is 0 Å². The van der Waals surface area contributed by atoms with Gasteiger partial charge in [-0.25, -0.2) is 9.59 Å². The van der Waals surface area contributed by atoms with Crippen LogP contribution >= 0.6 is 0 Å². The second-order valence-corrected chi connectivity index (χ2v) is 10.4. The smallest absolute Gasteiger partial charge is 0.337 e. The number of hydrogen-bond donors (Lipinski definition) is 0. The highest BCUT2D eigenvalue weighted by Gasteiger charge is 2.13. The van der Waals surface area contributed by atoms with Crippen molar-refractivity contribution in [2.24, 2.45) is 0 Å². The van der Waals surface area contributed by atoms with Crippen molar-refractivity contribution in [2.45, 2.75) is 27.7 Å². The zero-order valence-electron chi connectivity index (χ0n) is 26.3. The number of hydrogen-bond acceptors (Lipinski definition) is 10. The molecule has 10 nitrogen and oxygen atoms in total. The summed E-state index contributed by atoms with van der Waals surface area (Å²) < 4.78 is 20.4. The van der Waals surface area contributed by atoms with Gasteiger partial charge in [-0.05, 0) is 95.8 Å². The van der Waals surface area contributed by atoms with E-state index in [0.29, 0.717) is 34.7 Å². The van der Waals surface area contributed by atoms with Crippen molar-refractivity contribution >= 4 is 11.9 Å². The van der Waals surface area contributed by atoms with Crippen LogP contribution in [0.4, 0.5) is 0 Å². The molecule has 2 aromatic heterocycles. The van der Waals surface area contributed by atoms with Crippen molar-refractivity contribution in [1.82, 2.24) is 20.4 Å². The second-order valence-electron chi connectivity index (χ2n) is 10.4. The van der Waals surface area contributed by atoms with Gasteiger partial charge in [-0.3, -0.25) is 0 Å². The van der Waals surface area contributed by atoms with Gasteiger partial charge in [0.2, 0.25) is 23.6 Å². The van der Waals surface area contributed by atoms with E-state index in [0.717, 1.165) is 44.5 Å². The van der Waals surface area contributed by atoms with Crippen LogP contribution in [0.2, 0.25) is 0 Å². The highest BCUT2D eigenvalue weighted by Crippen LogP contribution is 2.30. The Bertz CT molecular complexity index is 1850. The van der Waals surface area contributed by atoms with Gasteiger partial charge in [0.1, 0.15) is 0 Å². The Morgan fingerprint density at radius 1 is 0.500 bits per heavy atom. The van der Waals surface area contributed by atoms with Gasteiger partial charge in [-0.1, -0.05) is 36.4 Å². The van der Waals surface area contributed by atoms with Crippen molar-refractivity contribution in [3.8, 4) is 45.2 Å². The highest BCUT2D eigenvalue weighted by atomic mass is 16.5. The topological polar surface area (TPSA) is 130 Å². The maximum Gasteiger partial charge on any atom is 0.337 e. The van der Waals surface area contributed by atoms with Gasteiger partial charge in [0, 0.05) is 25.0 Å². The Morgan fingerprint density at radius 2 is 0.848 bits per heavy atom. The Kier molecular flexibility index (Phi) is 9.47. The highest BCUT2D eigenvalue weighted by molar-refractivity contribution is 5.91. The van der Waals surface area contributed by atoms with Crippen molar-refractivity contribution < 1.29 is 27.9 Å². The van der Waals surface area contributed by atoms with E-state index in [4.69, 9.17) is 18.3 Å². The summed E-state index contributed by atoms with van der Waals surface area (Å²) >= 11 is 0. The summed E-state index contributed by atoms with van der Waals surface area (Å²) in [6.45, 7) is 7.59. The lowest BCUT2D eigenvalue weighted by atomic mass is 9.97. The molecule has 0 saturated heterocycles. The van der Waals surface area contributed by atoms with E-state index >= 15 is 0 Å². The molecule has 0 amide bonds. The number of rotatable bonds is 6. The summed E-state index contributed by atoms with van der Waals surface area (Å²) in [5, 5.41) is 15.8. The average Bonchev–Trinajstić information content (AvgIpc) is 3.73. The fourth-order valence-electron chi connectivity index (χ4n) is 4.77. The molecular weight excluding hydrogens is 584 g/mol. The van der Waals surface area contributed by atoms with Crippen LogP contribution in [0.5, 0.6) is 0 Å². The number of aromatic nitrogens is 4. The molecule has 10 heteroatoms. The fraction of sp³-hybridized carbons (Fsp3) is 0.167. The van der Waals surface area contributed by atoms with E-state index in [1.54, 1.807) is 38.1 Å². The minimum absolute atomic E-state index is 0.344. The SMILES string of the molecule is COC(=O)c1ccc(-c2cc(-c3nnc(C)o3)ccc2C)cc1.COC(=O)c1ccc(-c2cc(-c3nnc(C)o3)ccc2C)cc1. The van der Waals surface area contributed by atoms with Crippen molar-refractivity contribution in [3.63, 3.8) is 0 Å². The zero-order valence-corrected chi connectivity index (χ0v) is 26.3. The molecular formula is C36H32N4O6. The van der Waals surface area contributed by atoms with Gasteiger partial charge in [0.15, 0.2) is 0 Å². The fourth-order valence-corrected chi connectivity index (χ4v) is 4.77. The minimum Gasteiger partial charge on any atom is -0.465 e. The average molecular weight is 617 g/mol. The molecule has 0 aliphatic carbocycles. The third-order valence-corrected chi connectivity index (χ3v) is 7.26. The summed E-state index contributed by atoms with van der Waals surface area (Å²) in [6, 6.07) is 26.6. The molecule has 0 radical (unpaired) electrons. The van der Waals surface area contributed by atoms with Crippen LogP contribution in [0.1, 0.15) is 43.6 Å². The standard InChI is InChI=1S/2C18H16N2O3/c2*1-11-4-5-15(17-20-19-12(2)23-17)10-16(11)13-6-8-14(9-7-13)18(21)22-3/h2*4-10H,1-3H3. The first-order valence-corrected chi connectivity index (χ1v) is 14.4. The van der Waals surface area contributed by atoms with Crippen LogP contribution in [-0.2, 0) is 9.47 Å². The number of benzene rings is 4. The van der Waals surface area contributed by atoms with Gasteiger partial charge >= 0.3 is 11.9 Å². The molecule has 0 atom stereocenters. The van der Waals surface area contributed by atoms with Crippen molar-refractivity contribution in [2.75, 3.05) is 14.2 Å². The monoisotopic (exact) mass is 616 g/mol. The van der Waals surface area contributed by atoms with Gasteiger partial charge < -0.3 is 18.3 Å². The number of aryl methyl sites for hydroxylation is 4. The maximum atomic E-state index is 11.5. The summed E-state index contributed by atoms with van der Waals surface area (Å²) in [5.74, 6) is 1.37.